The molecule has 3 aromatic carbocycles. The Balaban J connectivity index is 1.23. The second kappa shape index (κ2) is 23.3. The topological polar surface area (TPSA) is 148 Å². The first-order valence-corrected chi connectivity index (χ1v) is 24.3. The number of alkyl halides is 2. The summed E-state index contributed by atoms with van der Waals surface area (Å²) in [6.45, 7) is 2.79. The number of anilines is 1. The van der Waals surface area contributed by atoms with Crippen molar-refractivity contribution in [2.45, 2.75) is 102 Å². The van der Waals surface area contributed by atoms with E-state index >= 15 is 8.78 Å². The standard InChI is InChI=1S/C45H54F2N3O8PS2/c1-3-11-41(52)60-29-27-57-59(56,58-28-30-61-42(53)12-4-2)45(46,47)35-16-10-13-32(31-35)19-26-40(51)49-38-18-9-8-17-37-24-25-39(50(37)44(38)55)43(54)48-36-22-20-34(21-23-36)33-14-6-5-7-15-33/h5-7,10,13-16,19-23,26,31,37-39H,3-4,8-9,11-12,17-18,24-25,27-30H2,1-2H3,(H,48,54)(H,49,51)/b26-19+/t37-,38-,39-/m0/s1. The molecule has 0 aliphatic carbocycles. The van der Waals surface area contributed by atoms with Crippen LogP contribution in [0.15, 0.2) is 84.9 Å². The van der Waals surface area contributed by atoms with E-state index in [4.69, 9.17) is 9.05 Å². The minimum Gasteiger partial charge on any atom is -0.341 e. The highest BCUT2D eigenvalue weighted by Gasteiger charge is 2.55. The Hall–Kier alpha value is -4.14. The molecule has 2 fully saturated rings. The van der Waals surface area contributed by atoms with E-state index in [1.165, 1.54) is 18.2 Å². The Morgan fingerprint density at radius 1 is 0.820 bits per heavy atom. The van der Waals surface area contributed by atoms with Crippen molar-refractivity contribution in [2.75, 3.05) is 30.0 Å². The van der Waals surface area contributed by atoms with Gasteiger partial charge in [0.15, 0.2) is 10.2 Å². The number of carbonyl (C=O) groups is 5. The highest BCUT2D eigenvalue weighted by Crippen LogP contribution is 2.67. The molecule has 61 heavy (non-hydrogen) atoms. The summed E-state index contributed by atoms with van der Waals surface area (Å²) < 4.78 is 56.7. The fourth-order valence-electron chi connectivity index (χ4n) is 7.28. The molecule has 2 heterocycles. The third-order valence-electron chi connectivity index (χ3n) is 10.3. The van der Waals surface area contributed by atoms with Gasteiger partial charge >= 0.3 is 13.3 Å². The van der Waals surface area contributed by atoms with Crippen molar-refractivity contribution in [2.24, 2.45) is 0 Å². The average Bonchev–Trinajstić information content (AvgIpc) is 3.68. The summed E-state index contributed by atoms with van der Waals surface area (Å²) in [6.07, 6.45) is 8.07. The van der Waals surface area contributed by atoms with Crippen LogP contribution in [0.1, 0.15) is 89.2 Å². The van der Waals surface area contributed by atoms with Gasteiger partial charge in [-0.1, -0.05) is 111 Å². The van der Waals surface area contributed by atoms with E-state index in [0.717, 1.165) is 65.7 Å². The van der Waals surface area contributed by atoms with Gasteiger partial charge in [-0.3, -0.25) is 28.5 Å². The van der Waals surface area contributed by atoms with Gasteiger partial charge in [-0.15, -0.1) is 0 Å². The molecule has 16 heteroatoms. The summed E-state index contributed by atoms with van der Waals surface area (Å²) in [5.74, 6) is -1.29. The summed E-state index contributed by atoms with van der Waals surface area (Å²) in [6, 6.07) is 20.6. The van der Waals surface area contributed by atoms with E-state index in [0.29, 0.717) is 57.1 Å². The lowest BCUT2D eigenvalue weighted by Gasteiger charge is -2.35. The van der Waals surface area contributed by atoms with E-state index in [9.17, 15) is 28.5 Å². The van der Waals surface area contributed by atoms with E-state index in [1.807, 2.05) is 68.4 Å². The fraction of sp³-hybridized carbons (Fsp3) is 0.444. The maximum absolute atomic E-state index is 16.2. The molecule has 11 nitrogen and oxygen atoms in total. The van der Waals surface area contributed by atoms with Gasteiger partial charge in [0.1, 0.15) is 12.1 Å². The third kappa shape index (κ3) is 13.4. The van der Waals surface area contributed by atoms with Gasteiger partial charge in [0, 0.05) is 47.7 Å². The lowest BCUT2D eigenvalue weighted by Crippen LogP contribution is -2.55. The fourth-order valence-corrected chi connectivity index (χ4v) is 10.5. The highest BCUT2D eigenvalue weighted by atomic mass is 32.2. The minimum absolute atomic E-state index is 0.0103. The second-order valence-electron chi connectivity index (χ2n) is 14.9. The molecule has 2 N–H and O–H groups in total. The largest absolute Gasteiger partial charge is 0.404 e. The smallest absolute Gasteiger partial charge is 0.341 e. The van der Waals surface area contributed by atoms with E-state index in [2.05, 4.69) is 10.6 Å². The highest BCUT2D eigenvalue weighted by molar-refractivity contribution is 8.13. The second-order valence-corrected chi connectivity index (χ2v) is 19.3. The molecule has 0 aromatic heterocycles. The molecule has 3 atom stereocenters. The Kier molecular flexibility index (Phi) is 18.3. The van der Waals surface area contributed by atoms with Gasteiger partial charge in [0.05, 0.1) is 13.2 Å². The number of carbonyl (C=O) groups excluding carboxylic acids is 5. The zero-order valence-corrected chi connectivity index (χ0v) is 37.1. The van der Waals surface area contributed by atoms with Crippen LogP contribution in [-0.4, -0.2) is 75.7 Å². The number of fused-ring (bicyclic) bond motifs is 1. The van der Waals surface area contributed by atoms with Gasteiger partial charge in [-0.25, -0.2) is 0 Å². The lowest BCUT2D eigenvalue weighted by atomic mass is 9.99. The van der Waals surface area contributed by atoms with Crippen LogP contribution in [0, 0.1) is 0 Å². The van der Waals surface area contributed by atoms with Crippen LogP contribution in [-0.2, 0) is 43.2 Å². The van der Waals surface area contributed by atoms with Crippen molar-refractivity contribution in [3.8, 4) is 11.1 Å². The lowest BCUT2D eigenvalue weighted by molar-refractivity contribution is -0.142. The minimum atomic E-state index is -5.20. The first kappa shape index (κ1) is 47.9. The van der Waals surface area contributed by atoms with Crippen molar-refractivity contribution >= 4 is 70.8 Å². The quantitative estimate of drug-likeness (QED) is 0.0638. The van der Waals surface area contributed by atoms with Gasteiger partial charge < -0.3 is 24.6 Å². The predicted octanol–water partition coefficient (Wildman–Crippen LogP) is 9.82. The SMILES string of the molecule is CCCC(=O)SCCOP(=O)(OCCSC(=O)CCC)C(F)(F)c1cccc(/C=C/C(=O)N[C@H]2CCCC[C@H]3CC[C@@H](C(=O)Nc4ccc(-c5ccccc5)cc4)N3C2=O)c1. The van der Waals surface area contributed by atoms with Gasteiger partial charge in [0.25, 0.3) is 0 Å². The molecule has 0 saturated carbocycles. The Labute approximate surface area is 365 Å². The maximum Gasteiger partial charge on any atom is 0.404 e. The third-order valence-corrected chi connectivity index (χ3v) is 14.1. The van der Waals surface area contributed by atoms with Crippen molar-refractivity contribution in [3.63, 3.8) is 0 Å². The zero-order chi connectivity index (χ0) is 43.8. The number of thioether (sulfide) groups is 2. The Morgan fingerprint density at radius 3 is 2.08 bits per heavy atom. The summed E-state index contributed by atoms with van der Waals surface area (Å²) in [5.41, 5.74) is -1.98. The summed E-state index contributed by atoms with van der Waals surface area (Å²) in [4.78, 5) is 66.5. The predicted molar refractivity (Wildman–Crippen MR) is 238 cm³/mol. The number of nitrogens with zero attached hydrogens (tertiary/aromatic N) is 1. The van der Waals surface area contributed by atoms with Crippen molar-refractivity contribution in [1.82, 2.24) is 10.2 Å². The van der Waals surface area contributed by atoms with Crippen LogP contribution in [0.4, 0.5) is 14.5 Å². The van der Waals surface area contributed by atoms with E-state index in [1.54, 1.807) is 4.90 Å². The molecule has 5 rings (SSSR count). The number of amides is 3. The first-order chi connectivity index (χ1) is 29.3. The summed E-state index contributed by atoms with van der Waals surface area (Å²) in [5, 5.41) is 5.46. The molecule has 2 aliphatic heterocycles. The molecule has 0 spiro atoms. The van der Waals surface area contributed by atoms with Crippen molar-refractivity contribution in [3.05, 3.63) is 96.1 Å². The average molecular weight is 898 g/mol. The number of nitrogens with one attached hydrogen (secondary N) is 2. The molecular formula is C45H54F2N3O8PS2. The van der Waals surface area contributed by atoms with Crippen LogP contribution < -0.4 is 10.6 Å². The molecule has 0 bridgehead atoms. The summed E-state index contributed by atoms with van der Waals surface area (Å²) >= 11 is 1.79. The maximum atomic E-state index is 16.2. The van der Waals surface area contributed by atoms with Crippen molar-refractivity contribution < 1.29 is 46.4 Å². The molecule has 3 aromatic rings. The number of benzene rings is 3. The van der Waals surface area contributed by atoms with Crippen LogP contribution in [0.5, 0.6) is 0 Å². The Bertz CT molecular complexity index is 2030. The number of halogens is 2. The van der Waals surface area contributed by atoms with Crippen LogP contribution >= 0.6 is 31.1 Å². The molecule has 2 aliphatic rings. The zero-order valence-electron chi connectivity index (χ0n) is 34.5. The molecule has 0 unspecified atom stereocenters. The number of hydrogen-bond acceptors (Lipinski definition) is 10. The van der Waals surface area contributed by atoms with E-state index in [-0.39, 0.29) is 45.2 Å². The normalized spacial score (nSPS) is 18.3. The molecular weight excluding hydrogens is 844 g/mol. The van der Waals surface area contributed by atoms with Crippen molar-refractivity contribution in [1.29, 1.82) is 0 Å². The molecule has 3 amide bonds. The number of rotatable bonds is 20. The first-order valence-electron chi connectivity index (χ1n) is 20.8. The van der Waals surface area contributed by atoms with Gasteiger partial charge in [0.2, 0.25) is 17.7 Å². The van der Waals surface area contributed by atoms with Crippen LogP contribution in [0.25, 0.3) is 17.2 Å². The van der Waals surface area contributed by atoms with Gasteiger partial charge in [-0.2, -0.15) is 8.78 Å². The van der Waals surface area contributed by atoms with Crippen LogP contribution in [0.2, 0.25) is 0 Å². The monoisotopic (exact) mass is 897 g/mol. The molecule has 328 valence electrons. The summed E-state index contributed by atoms with van der Waals surface area (Å²) in [7, 11) is -5.20. The molecule has 0 radical (unpaired) electrons. The Morgan fingerprint density at radius 2 is 1.44 bits per heavy atom. The number of hydrogen-bond donors (Lipinski definition) is 2. The van der Waals surface area contributed by atoms with E-state index < -0.39 is 50.0 Å². The molecule has 2 saturated heterocycles. The van der Waals surface area contributed by atoms with Gasteiger partial charge in [-0.05, 0) is 79.5 Å². The van der Waals surface area contributed by atoms with Crippen LogP contribution in [0.3, 0.4) is 0 Å².